The quantitative estimate of drug-likeness (QED) is 0.253. The lowest BCUT2D eigenvalue weighted by Crippen LogP contribution is -2.18. The molecule has 0 unspecified atom stereocenters. The van der Waals surface area contributed by atoms with Crippen molar-refractivity contribution in [3.05, 3.63) is 144 Å². The monoisotopic (exact) mass is 428 g/mol. The highest BCUT2D eigenvalue weighted by molar-refractivity contribution is 6.09. The fourth-order valence-electron chi connectivity index (χ4n) is 3.25. The van der Waals surface area contributed by atoms with Crippen LogP contribution in [0.25, 0.3) is 23.3 Å². The van der Waals surface area contributed by atoms with E-state index in [1.165, 1.54) is 0 Å². The number of nitrogens with one attached hydrogen (secondary N) is 1. The van der Waals surface area contributed by atoms with Crippen molar-refractivity contribution in [3.63, 3.8) is 0 Å². The molecule has 3 nitrogen and oxygen atoms in total. The van der Waals surface area contributed by atoms with Gasteiger partial charge in [-0.25, -0.2) is 5.43 Å². The zero-order valence-corrected chi connectivity index (χ0v) is 18.1. The molecular formula is C30H24N2O. The fourth-order valence-corrected chi connectivity index (χ4v) is 3.25. The molecule has 0 bridgehead atoms. The van der Waals surface area contributed by atoms with E-state index in [4.69, 9.17) is 0 Å². The van der Waals surface area contributed by atoms with Crippen LogP contribution >= 0.6 is 0 Å². The maximum atomic E-state index is 12.7. The van der Waals surface area contributed by atoms with Gasteiger partial charge in [0, 0.05) is 5.56 Å². The molecule has 0 fully saturated rings. The minimum atomic E-state index is -0.256. The summed E-state index contributed by atoms with van der Waals surface area (Å²) >= 11 is 0. The van der Waals surface area contributed by atoms with Crippen molar-refractivity contribution in [2.45, 2.75) is 0 Å². The van der Waals surface area contributed by atoms with Crippen molar-refractivity contribution in [2.75, 3.05) is 0 Å². The minimum Gasteiger partial charge on any atom is -0.267 e. The van der Waals surface area contributed by atoms with Gasteiger partial charge < -0.3 is 0 Å². The van der Waals surface area contributed by atoms with Crippen LogP contribution in [0.4, 0.5) is 0 Å². The Morgan fingerprint density at radius 1 is 0.576 bits per heavy atom. The smallest absolute Gasteiger partial charge is 0.267 e. The number of nitrogens with zero attached hydrogens (tertiary/aromatic N) is 1. The summed E-state index contributed by atoms with van der Waals surface area (Å²) < 4.78 is 0. The number of hydrogen-bond donors (Lipinski definition) is 1. The van der Waals surface area contributed by atoms with Gasteiger partial charge in [-0.1, -0.05) is 115 Å². The molecular weight excluding hydrogens is 404 g/mol. The van der Waals surface area contributed by atoms with Crippen LogP contribution in [0.2, 0.25) is 0 Å². The summed E-state index contributed by atoms with van der Waals surface area (Å²) in [4.78, 5) is 12.7. The Balaban J connectivity index is 1.50. The maximum Gasteiger partial charge on any atom is 0.271 e. The van der Waals surface area contributed by atoms with E-state index in [9.17, 15) is 4.79 Å². The summed E-state index contributed by atoms with van der Waals surface area (Å²) in [5, 5.41) is 4.35. The summed E-state index contributed by atoms with van der Waals surface area (Å²) in [6.07, 6.45) is 7.70. The van der Waals surface area contributed by atoms with E-state index in [-0.39, 0.29) is 5.91 Å². The highest BCUT2D eigenvalue weighted by atomic mass is 16.2. The van der Waals surface area contributed by atoms with Gasteiger partial charge in [-0.15, -0.1) is 0 Å². The Hall–Kier alpha value is -4.50. The van der Waals surface area contributed by atoms with Crippen LogP contribution in [0.15, 0.2) is 133 Å². The second-order valence-corrected chi connectivity index (χ2v) is 7.41. The van der Waals surface area contributed by atoms with Gasteiger partial charge in [0.15, 0.2) is 0 Å². The van der Waals surface area contributed by atoms with Crippen molar-refractivity contribution < 1.29 is 4.79 Å². The van der Waals surface area contributed by atoms with E-state index < -0.39 is 0 Å². The molecule has 4 aromatic rings. The van der Waals surface area contributed by atoms with Crippen LogP contribution < -0.4 is 5.43 Å². The number of hydrazone groups is 1. The van der Waals surface area contributed by atoms with Crippen molar-refractivity contribution in [1.29, 1.82) is 0 Å². The first kappa shape index (κ1) is 21.7. The lowest BCUT2D eigenvalue weighted by Gasteiger charge is -2.04. The topological polar surface area (TPSA) is 41.5 Å². The van der Waals surface area contributed by atoms with Gasteiger partial charge in [0.25, 0.3) is 5.91 Å². The minimum absolute atomic E-state index is 0.256. The van der Waals surface area contributed by atoms with Crippen LogP contribution in [0.3, 0.4) is 0 Å². The Kier molecular flexibility index (Phi) is 7.38. The Labute approximate surface area is 194 Å². The molecule has 160 valence electrons. The third-order valence-electron chi connectivity index (χ3n) is 5.03. The lowest BCUT2D eigenvalue weighted by atomic mass is 10.0. The molecule has 3 heteroatoms. The van der Waals surface area contributed by atoms with E-state index in [2.05, 4.69) is 10.5 Å². The van der Waals surface area contributed by atoms with E-state index in [1.807, 2.05) is 140 Å². The largest absolute Gasteiger partial charge is 0.271 e. The number of carbonyl (C=O) groups excluding carboxylic acids is 1. The second-order valence-electron chi connectivity index (χ2n) is 7.41. The molecule has 0 saturated heterocycles. The number of carbonyl (C=O) groups is 1. The van der Waals surface area contributed by atoms with Crippen LogP contribution in [0.5, 0.6) is 0 Å². The molecule has 4 aromatic carbocycles. The highest BCUT2D eigenvalue weighted by Gasteiger charge is 2.05. The molecule has 0 aliphatic rings. The summed E-state index contributed by atoms with van der Waals surface area (Å²) in [5.74, 6) is -0.256. The Morgan fingerprint density at radius 3 is 1.55 bits per heavy atom. The molecule has 0 radical (unpaired) electrons. The Bertz CT molecular complexity index is 1210. The first-order valence-electron chi connectivity index (χ1n) is 10.8. The van der Waals surface area contributed by atoms with Crippen molar-refractivity contribution in [1.82, 2.24) is 5.43 Å². The van der Waals surface area contributed by atoms with Gasteiger partial charge in [-0.05, 0) is 46.5 Å². The second kappa shape index (κ2) is 11.2. The lowest BCUT2D eigenvalue weighted by molar-refractivity contribution is 0.0955. The summed E-state index contributed by atoms with van der Waals surface area (Å²) in [7, 11) is 0. The molecule has 0 heterocycles. The summed E-state index contributed by atoms with van der Waals surface area (Å²) in [6.45, 7) is 0. The van der Waals surface area contributed by atoms with Crippen molar-refractivity contribution >= 4 is 23.8 Å². The van der Waals surface area contributed by atoms with Crippen LogP contribution in [-0.4, -0.2) is 11.6 Å². The normalized spacial score (nSPS) is 10.9. The van der Waals surface area contributed by atoms with Gasteiger partial charge in [-0.2, -0.15) is 5.10 Å². The average molecular weight is 429 g/mol. The summed E-state index contributed by atoms with van der Waals surface area (Å²) in [6, 6.07) is 37.5. The van der Waals surface area contributed by atoms with Gasteiger partial charge in [0.05, 0.1) is 5.71 Å². The zero-order chi connectivity index (χ0) is 22.7. The molecule has 33 heavy (non-hydrogen) atoms. The molecule has 1 amide bonds. The third kappa shape index (κ3) is 6.49. The van der Waals surface area contributed by atoms with Gasteiger partial charge in [-0.3, -0.25) is 4.79 Å². The number of amides is 1. The van der Waals surface area contributed by atoms with Crippen LogP contribution in [0.1, 0.15) is 21.5 Å². The molecule has 4 rings (SSSR count). The molecule has 1 N–H and O–H groups in total. The fraction of sp³-hybridized carbons (Fsp3) is 0. The van der Waals surface area contributed by atoms with Crippen molar-refractivity contribution in [2.24, 2.45) is 5.10 Å². The zero-order valence-electron chi connectivity index (χ0n) is 18.1. The van der Waals surface area contributed by atoms with Gasteiger partial charge in [0.1, 0.15) is 0 Å². The first-order valence-corrected chi connectivity index (χ1v) is 10.8. The third-order valence-corrected chi connectivity index (χ3v) is 5.03. The van der Waals surface area contributed by atoms with Crippen molar-refractivity contribution in [3.8, 4) is 11.1 Å². The molecule has 0 saturated carbocycles. The SMILES string of the molecule is O=C(NN=C(/C=C\c1ccccc1)/C=C\c1ccccc1)c1ccc(-c2ccccc2)cc1. The molecule has 0 aliphatic heterocycles. The average Bonchev–Trinajstić information content (AvgIpc) is 2.90. The number of hydrogen-bond acceptors (Lipinski definition) is 2. The molecule has 0 aliphatic carbocycles. The maximum absolute atomic E-state index is 12.7. The molecule has 0 atom stereocenters. The van der Waals surface area contributed by atoms with Crippen LogP contribution in [-0.2, 0) is 0 Å². The molecule has 0 spiro atoms. The van der Waals surface area contributed by atoms with Crippen LogP contribution in [0, 0.1) is 0 Å². The van der Waals surface area contributed by atoms with E-state index in [1.54, 1.807) is 0 Å². The van der Waals surface area contributed by atoms with E-state index >= 15 is 0 Å². The van der Waals surface area contributed by atoms with Gasteiger partial charge in [0.2, 0.25) is 0 Å². The molecule has 0 aromatic heterocycles. The first-order chi connectivity index (χ1) is 16.3. The standard InChI is InChI=1S/C30H24N2O/c33-30(28-20-18-27(19-21-28)26-14-8-3-9-15-26)32-31-29(22-16-24-10-4-1-5-11-24)23-17-25-12-6-2-7-13-25/h1-23H,(H,32,33)/b22-16-,23-17-. The number of benzene rings is 4. The number of allylic oxidation sites excluding steroid dienone is 2. The van der Waals surface area contributed by atoms with Gasteiger partial charge >= 0.3 is 0 Å². The van der Waals surface area contributed by atoms with E-state index in [0.717, 1.165) is 22.3 Å². The predicted molar refractivity (Wildman–Crippen MR) is 138 cm³/mol. The summed E-state index contributed by atoms with van der Waals surface area (Å²) in [5.41, 5.74) is 8.16. The van der Waals surface area contributed by atoms with E-state index in [0.29, 0.717) is 11.3 Å². The highest BCUT2D eigenvalue weighted by Crippen LogP contribution is 2.19. The Morgan fingerprint density at radius 2 is 1.03 bits per heavy atom. The predicted octanol–water partition coefficient (Wildman–Crippen LogP) is 6.87. The number of rotatable bonds is 7.